The number of carbonyl (C=O) groups excluding carboxylic acids is 2. The quantitative estimate of drug-likeness (QED) is 0.217. The molecule has 3 rings (SSSR count). The van der Waals surface area contributed by atoms with Crippen LogP contribution in [0.25, 0.3) is 0 Å². The maximum atomic E-state index is 12.5. The van der Waals surface area contributed by atoms with Gasteiger partial charge in [0.1, 0.15) is 17.1 Å². The molecule has 3 heterocycles. The summed E-state index contributed by atoms with van der Waals surface area (Å²) in [6, 6.07) is -0.716. The van der Waals surface area contributed by atoms with E-state index in [9.17, 15) is 19.5 Å². The van der Waals surface area contributed by atoms with Crippen molar-refractivity contribution in [2.24, 2.45) is 7.05 Å². The Morgan fingerprint density at radius 2 is 2.25 bits per heavy atom. The molecule has 11 nitrogen and oxygen atoms in total. The summed E-state index contributed by atoms with van der Waals surface area (Å²) in [5.41, 5.74) is 0.603. The predicted molar refractivity (Wildman–Crippen MR) is 104 cm³/mol. The first-order valence-corrected chi connectivity index (χ1v) is 11.2. The minimum Gasteiger partial charge on any atom is -0.477 e. The van der Waals surface area contributed by atoms with Crippen LogP contribution < -0.4 is 5.32 Å². The molecule has 2 aliphatic heterocycles. The molecule has 2 N–H and O–H groups in total. The number of nitrogens with one attached hydrogen (secondary N) is 1. The zero-order chi connectivity index (χ0) is 20.3. The van der Waals surface area contributed by atoms with Crippen molar-refractivity contribution in [1.82, 2.24) is 30.4 Å². The summed E-state index contributed by atoms with van der Waals surface area (Å²) >= 11 is 4.02. The molecule has 1 unspecified atom stereocenters. The topological polar surface area (TPSA) is 140 Å². The number of thioether (sulfide) groups is 3. The number of aromatic nitrogens is 4. The Hall–Kier alpha value is -1.77. The van der Waals surface area contributed by atoms with Crippen molar-refractivity contribution in [3.8, 4) is 0 Å². The van der Waals surface area contributed by atoms with Crippen LogP contribution in [0, 0.1) is 0 Å². The van der Waals surface area contributed by atoms with Crippen molar-refractivity contribution >= 4 is 53.1 Å². The van der Waals surface area contributed by atoms with Gasteiger partial charge in [-0.2, -0.15) is 0 Å². The minimum absolute atomic E-state index is 0.0179. The molecule has 28 heavy (non-hydrogen) atoms. The molecule has 0 bridgehead atoms. The van der Waals surface area contributed by atoms with Gasteiger partial charge in [0.25, 0.3) is 5.91 Å². The summed E-state index contributed by atoms with van der Waals surface area (Å²) < 4.78 is 6.36. The number of carboxylic acid groups (broad SMARTS) is 1. The molecule has 0 saturated carbocycles. The van der Waals surface area contributed by atoms with E-state index in [1.807, 2.05) is 0 Å². The number of carbonyl (C=O) groups is 3. The summed E-state index contributed by atoms with van der Waals surface area (Å²) in [5, 5.41) is 23.6. The SMILES string of the molecule is COCSCC(=O)N[C@H]1C(=O)N2C(C(=O)O)=C(CSc3nnnn3C)CSC12. The number of aliphatic carboxylic acids is 1. The van der Waals surface area contributed by atoms with Crippen molar-refractivity contribution in [3.05, 3.63) is 11.3 Å². The van der Waals surface area contributed by atoms with Crippen LogP contribution in [0.5, 0.6) is 0 Å². The number of rotatable bonds is 9. The van der Waals surface area contributed by atoms with Gasteiger partial charge in [-0.15, -0.1) is 28.6 Å². The lowest BCUT2D eigenvalue weighted by atomic mass is 10.0. The molecule has 0 aliphatic carbocycles. The van der Waals surface area contributed by atoms with Gasteiger partial charge in [-0.1, -0.05) is 11.8 Å². The second kappa shape index (κ2) is 9.15. The van der Waals surface area contributed by atoms with Crippen LogP contribution in [-0.4, -0.2) is 89.7 Å². The van der Waals surface area contributed by atoms with Gasteiger partial charge >= 0.3 is 5.97 Å². The Bertz CT molecular complexity index is 815. The number of hydrogen-bond acceptors (Lipinski definition) is 10. The smallest absolute Gasteiger partial charge is 0.352 e. The average molecular weight is 447 g/mol. The van der Waals surface area contributed by atoms with Crippen LogP contribution in [0.15, 0.2) is 16.4 Å². The van der Waals surface area contributed by atoms with Crippen molar-refractivity contribution < 1.29 is 24.2 Å². The summed E-state index contributed by atoms with van der Waals surface area (Å²) in [7, 11) is 3.23. The predicted octanol–water partition coefficient (Wildman–Crippen LogP) is -0.622. The third kappa shape index (κ3) is 4.29. The molecule has 1 saturated heterocycles. The average Bonchev–Trinajstić information content (AvgIpc) is 3.08. The van der Waals surface area contributed by atoms with Gasteiger partial charge in [0.2, 0.25) is 11.1 Å². The third-order valence-electron chi connectivity index (χ3n) is 3.96. The van der Waals surface area contributed by atoms with Gasteiger partial charge < -0.3 is 15.2 Å². The first-order chi connectivity index (χ1) is 13.4. The minimum atomic E-state index is -1.16. The van der Waals surface area contributed by atoms with Gasteiger partial charge in [0, 0.05) is 25.7 Å². The summed E-state index contributed by atoms with van der Waals surface area (Å²) in [4.78, 5) is 37.6. The molecule has 2 aliphatic rings. The lowest BCUT2D eigenvalue weighted by molar-refractivity contribution is -0.150. The molecule has 0 radical (unpaired) electrons. The van der Waals surface area contributed by atoms with Gasteiger partial charge in [0.15, 0.2) is 0 Å². The fourth-order valence-electron chi connectivity index (χ4n) is 2.72. The Morgan fingerprint density at radius 1 is 1.46 bits per heavy atom. The van der Waals surface area contributed by atoms with E-state index in [0.717, 1.165) is 0 Å². The fraction of sp³-hybridized carbons (Fsp3) is 0.571. The lowest BCUT2D eigenvalue weighted by Gasteiger charge is -2.49. The van der Waals surface area contributed by atoms with Crippen molar-refractivity contribution in [3.63, 3.8) is 0 Å². The van der Waals surface area contributed by atoms with Crippen molar-refractivity contribution in [2.45, 2.75) is 16.6 Å². The number of aryl methyl sites for hydroxylation is 1. The molecule has 0 spiro atoms. The molecule has 1 aromatic heterocycles. The van der Waals surface area contributed by atoms with Gasteiger partial charge in [-0.3, -0.25) is 14.5 Å². The molecule has 1 aromatic rings. The lowest BCUT2D eigenvalue weighted by Crippen LogP contribution is -2.70. The number of ether oxygens (including phenoxy) is 1. The number of methoxy groups -OCH3 is 1. The maximum Gasteiger partial charge on any atom is 0.352 e. The van der Waals surface area contributed by atoms with E-state index in [1.165, 1.54) is 52.0 Å². The van der Waals surface area contributed by atoms with Crippen LogP contribution in [0.2, 0.25) is 0 Å². The highest BCUT2D eigenvalue weighted by Gasteiger charge is 2.54. The fourth-order valence-corrected chi connectivity index (χ4v) is 5.58. The van der Waals surface area contributed by atoms with E-state index in [1.54, 1.807) is 7.05 Å². The normalized spacial score (nSPS) is 21.4. The van der Waals surface area contributed by atoms with Gasteiger partial charge in [-0.05, 0) is 16.0 Å². The first-order valence-electron chi connectivity index (χ1n) is 8.05. The first kappa shape index (κ1) is 21.0. The summed E-state index contributed by atoms with van der Waals surface area (Å²) in [6.45, 7) is 0. The van der Waals surface area contributed by atoms with Crippen molar-refractivity contribution in [2.75, 3.05) is 30.3 Å². The Balaban J connectivity index is 1.66. The highest BCUT2D eigenvalue weighted by Crippen LogP contribution is 2.41. The van der Waals surface area contributed by atoms with Crippen LogP contribution >= 0.6 is 35.3 Å². The number of β-lactam (4-membered cyclic amide) rings is 1. The highest BCUT2D eigenvalue weighted by molar-refractivity contribution is 8.01. The number of hydrogen-bond donors (Lipinski definition) is 2. The molecule has 2 amide bonds. The molecule has 2 atom stereocenters. The van der Waals surface area contributed by atoms with E-state index in [-0.39, 0.29) is 17.4 Å². The number of nitrogens with zero attached hydrogens (tertiary/aromatic N) is 5. The van der Waals surface area contributed by atoms with Crippen LogP contribution in [0.3, 0.4) is 0 Å². The maximum absolute atomic E-state index is 12.5. The number of carboxylic acids is 1. The molecular formula is C14H18N6O5S3. The van der Waals surface area contributed by atoms with E-state index in [4.69, 9.17) is 4.74 Å². The zero-order valence-corrected chi connectivity index (χ0v) is 17.5. The van der Waals surface area contributed by atoms with Crippen LogP contribution in [0.1, 0.15) is 0 Å². The summed E-state index contributed by atoms with van der Waals surface area (Å²) in [5.74, 6) is -0.511. The van der Waals surface area contributed by atoms with Crippen LogP contribution in [-0.2, 0) is 26.2 Å². The van der Waals surface area contributed by atoms with E-state index >= 15 is 0 Å². The second-order valence-electron chi connectivity index (χ2n) is 5.84. The molecular weight excluding hydrogens is 428 g/mol. The Morgan fingerprint density at radius 3 is 2.89 bits per heavy atom. The molecule has 1 fully saturated rings. The molecule has 0 aromatic carbocycles. The summed E-state index contributed by atoms with van der Waals surface area (Å²) in [6.07, 6.45) is 0. The second-order valence-corrected chi connectivity index (χ2v) is 8.82. The number of tetrazole rings is 1. The highest BCUT2D eigenvalue weighted by atomic mass is 32.2. The standard InChI is InChI=1S/C14H18N6O5S3/c1-19-14(16-17-18-19)28-4-7-3-27-12-9(15-8(21)5-26-6-25-2)11(22)20(12)10(7)13(23)24/h9,12H,3-6H2,1-2H3,(H,15,21)(H,23,24)/t9-,12?/m0/s1. The largest absolute Gasteiger partial charge is 0.477 e. The zero-order valence-electron chi connectivity index (χ0n) is 15.0. The van der Waals surface area contributed by atoms with E-state index in [0.29, 0.717) is 28.2 Å². The third-order valence-corrected chi connectivity index (χ3v) is 7.26. The Labute approximate surface area is 173 Å². The molecule has 14 heteroatoms. The van der Waals surface area contributed by atoms with Gasteiger partial charge in [0.05, 0.1) is 11.7 Å². The molecule has 152 valence electrons. The van der Waals surface area contributed by atoms with Crippen molar-refractivity contribution in [1.29, 1.82) is 0 Å². The monoisotopic (exact) mass is 446 g/mol. The number of fused-ring (bicyclic) bond motifs is 1. The van der Waals surface area contributed by atoms with Gasteiger partial charge in [-0.25, -0.2) is 9.48 Å². The van der Waals surface area contributed by atoms with E-state index < -0.39 is 23.3 Å². The van der Waals surface area contributed by atoms with Crippen LogP contribution in [0.4, 0.5) is 0 Å². The van der Waals surface area contributed by atoms with E-state index in [2.05, 4.69) is 20.8 Å². The Kier molecular flexibility index (Phi) is 6.85. The number of amides is 2.